The van der Waals surface area contributed by atoms with Crippen molar-refractivity contribution >= 4 is 16.9 Å². The molecule has 0 unspecified atom stereocenters. The highest BCUT2D eigenvalue weighted by Crippen LogP contribution is 2.32. The Morgan fingerprint density at radius 2 is 1.82 bits per heavy atom. The lowest BCUT2D eigenvalue weighted by Crippen LogP contribution is -2.35. The highest BCUT2D eigenvalue weighted by molar-refractivity contribution is 5.90. The molecule has 1 aliphatic rings. The molecule has 0 aliphatic carbocycles. The van der Waals surface area contributed by atoms with Gasteiger partial charge in [-0.1, -0.05) is 48.5 Å². The number of nitrogens with one attached hydrogen (secondary N) is 2. The van der Waals surface area contributed by atoms with E-state index in [0.29, 0.717) is 6.54 Å². The number of nitrogen functional groups attached to an aromatic ring is 1. The highest BCUT2D eigenvalue weighted by Gasteiger charge is 2.23. The van der Waals surface area contributed by atoms with Gasteiger partial charge in [-0.05, 0) is 17.2 Å². The zero-order valence-electron chi connectivity index (χ0n) is 15.4. The summed E-state index contributed by atoms with van der Waals surface area (Å²) in [6, 6.07) is 18.7. The molecular formula is C22H21N5O. The summed E-state index contributed by atoms with van der Waals surface area (Å²) in [7, 11) is 0. The van der Waals surface area contributed by atoms with Crippen LogP contribution in [0.15, 0.2) is 59.4 Å². The molecule has 0 atom stereocenters. The number of para-hydroxylation sites is 1. The fourth-order valence-electron chi connectivity index (χ4n) is 4.07. The van der Waals surface area contributed by atoms with Gasteiger partial charge in [0.2, 0.25) is 5.95 Å². The van der Waals surface area contributed by atoms with Crippen LogP contribution in [0.3, 0.4) is 0 Å². The van der Waals surface area contributed by atoms with Crippen LogP contribution in [0.2, 0.25) is 0 Å². The van der Waals surface area contributed by atoms with Gasteiger partial charge in [-0.2, -0.15) is 0 Å². The molecule has 6 heteroatoms. The third-order valence-corrected chi connectivity index (χ3v) is 5.42. The number of aromatic amines is 2. The molecule has 2 aromatic carbocycles. The molecule has 5 rings (SSSR count). The molecule has 0 saturated heterocycles. The first kappa shape index (κ1) is 16.8. The van der Waals surface area contributed by atoms with E-state index in [-0.39, 0.29) is 11.5 Å². The van der Waals surface area contributed by atoms with Crippen LogP contribution < -0.4 is 11.3 Å². The number of fused-ring (bicyclic) bond motifs is 2. The van der Waals surface area contributed by atoms with E-state index in [9.17, 15) is 4.79 Å². The minimum Gasteiger partial charge on any atom is -0.369 e. The summed E-state index contributed by atoms with van der Waals surface area (Å²) in [5.41, 5.74) is 11.8. The van der Waals surface area contributed by atoms with Crippen molar-refractivity contribution in [3.63, 3.8) is 0 Å². The van der Waals surface area contributed by atoms with Gasteiger partial charge in [0.15, 0.2) is 0 Å². The lowest BCUT2D eigenvalue weighted by Gasteiger charge is -2.27. The summed E-state index contributed by atoms with van der Waals surface area (Å²) in [4.78, 5) is 25.1. The summed E-state index contributed by atoms with van der Waals surface area (Å²) < 4.78 is 0. The van der Waals surface area contributed by atoms with Crippen molar-refractivity contribution in [2.45, 2.75) is 19.5 Å². The van der Waals surface area contributed by atoms with Crippen LogP contribution in [-0.4, -0.2) is 26.4 Å². The first-order chi connectivity index (χ1) is 13.7. The summed E-state index contributed by atoms with van der Waals surface area (Å²) in [6.45, 7) is 2.18. The third kappa shape index (κ3) is 2.88. The Bertz CT molecular complexity index is 1210. The smallest absolute Gasteiger partial charge is 0.257 e. The van der Waals surface area contributed by atoms with Crippen molar-refractivity contribution in [3.8, 4) is 11.3 Å². The Kier molecular flexibility index (Phi) is 3.98. The number of benzene rings is 2. The molecule has 6 nitrogen and oxygen atoms in total. The Morgan fingerprint density at radius 3 is 2.68 bits per heavy atom. The SMILES string of the molecule is Nc1nc2c(c(=O)[nH]1)CN(Cc1c(-c3ccccc3)[nH]c3ccccc13)CC2. The maximum absolute atomic E-state index is 12.3. The predicted octanol–water partition coefficient (Wildman–Crippen LogP) is 3.06. The van der Waals surface area contributed by atoms with E-state index >= 15 is 0 Å². The Balaban J connectivity index is 1.54. The number of nitrogens with zero attached hydrogens (tertiary/aromatic N) is 2. The minimum atomic E-state index is -0.130. The number of aromatic nitrogens is 3. The second-order valence-corrected chi connectivity index (χ2v) is 7.23. The number of nitrogens with two attached hydrogens (primary N) is 1. The molecule has 0 radical (unpaired) electrons. The van der Waals surface area contributed by atoms with Gasteiger partial charge >= 0.3 is 0 Å². The van der Waals surface area contributed by atoms with E-state index < -0.39 is 0 Å². The third-order valence-electron chi connectivity index (χ3n) is 5.42. The fourth-order valence-corrected chi connectivity index (χ4v) is 4.07. The van der Waals surface area contributed by atoms with Crippen LogP contribution in [0.4, 0.5) is 5.95 Å². The van der Waals surface area contributed by atoms with Gasteiger partial charge in [-0.15, -0.1) is 0 Å². The normalized spacial score (nSPS) is 14.3. The first-order valence-electron chi connectivity index (χ1n) is 9.44. The summed E-state index contributed by atoms with van der Waals surface area (Å²) in [5, 5.41) is 1.22. The van der Waals surface area contributed by atoms with E-state index in [1.165, 1.54) is 16.5 Å². The molecule has 1 aliphatic heterocycles. The van der Waals surface area contributed by atoms with Crippen molar-refractivity contribution in [1.29, 1.82) is 0 Å². The number of hydrogen-bond donors (Lipinski definition) is 3. The molecule has 28 heavy (non-hydrogen) atoms. The number of H-pyrrole nitrogens is 2. The van der Waals surface area contributed by atoms with Crippen LogP contribution in [0.5, 0.6) is 0 Å². The zero-order valence-corrected chi connectivity index (χ0v) is 15.4. The van der Waals surface area contributed by atoms with Crippen LogP contribution in [0.25, 0.3) is 22.2 Å². The maximum Gasteiger partial charge on any atom is 0.257 e. The summed E-state index contributed by atoms with van der Waals surface area (Å²) in [5.74, 6) is 0.195. The number of rotatable bonds is 3. The van der Waals surface area contributed by atoms with Crippen LogP contribution in [0, 0.1) is 0 Å². The van der Waals surface area contributed by atoms with Crippen molar-refractivity contribution in [2.75, 3.05) is 12.3 Å². The summed E-state index contributed by atoms with van der Waals surface area (Å²) >= 11 is 0. The van der Waals surface area contributed by atoms with E-state index in [1.54, 1.807) is 0 Å². The van der Waals surface area contributed by atoms with Gasteiger partial charge in [-0.3, -0.25) is 14.7 Å². The van der Waals surface area contributed by atoms with Gasteiger partial charge in [0.25, 0.3) is 5.56 Å². The van der Waals surface area contributed by atoms with Crippen LogP contribution in [0.1, 0.15) is 16.8 Å². The minimum absolute atomic E-state index is 0.130. The topological polar surface area (TPSA) is 90.8 Å². The lowest BCUT2D eigenvalue weighted by atomic mass is 10.0. The molecule has 0 bridgehead atoms. The highest BCUT2D eigenvalue weighted by atomic mass is 16.1. The second kappa shape index (κ2) is 6.65. The van der Waals surface area contributed by atoms with Gasteiger partial charge < -0.3 is 10.7 Å². The van der Waals surface area contributed by atoms with Crippen molar-refractivity contribution in [1.82, 2.24) is 19.9 Å². The van der Waals surface area contributed by atoms with Gasteiger partial charge in [-0.25, -0.2) is 4.98 Å². The Labute approximate surface area is 162 Å². The van der Waals surface area contributed by atoms with Gasteiger partial charge in [0, 0.05) is 37.0 Å². The van der Waals surface area contributed by atoms with Crippen molar-refractivity contribution in [2.24, 2.45) is 0 Å². The molecule has 0 amide bonds. The zero-order chi connectivity index (χ0) is 19.1. The van der Waals surface area contributed by atoms with Crippen LogP contribution in [-0.2, 0) is 19.5 Å². The largest absolute Gasteiger partial charge is 0.369 e. The van der Waals surface area contributed by atoms with E-state index in [4.69, 9.17) is 5.73 Å². The molecule has 4 aromatic rings. The van der Waals surface area contributed by atoms with Crippen molar-refractivity contribution < 1.29 is 0 Å². The Hall–Kier alpha value is -3.38. The molecule has 0 spiro atoms. The standard InChI is InChI=1S/C22H21N5O/c23-22-25-19-10-11-27(13-17(19)21(28)26-22)12-16-15-8-4-5-9-18(15)24-20(16)14-6-2-1-3-7-14/h1-9,24H,10-13H2,(H3,23,25,26,28). The van der Waals surface area contributed by atoms with E-state index in [2.05, 4.69) is 62.3 Å². The lowest BCUT2D eigenvalue weighted by molar-refractivity contribution is 0.243. The van der Waals surface area contributed by atoms with Crippen LogP contribution >= 0.6 is 0 Å². The number of hydrogen-bond acceptors (Lipinski definition) is 4. The average Bonchev–Trinajstić information content (AvgIpc) is 3.08. The summed E-state index contributed by atoms with van der Waals surface area (Å²) in [6.07, 6.45) is 0.729. The fraction of sp³-hybridized carbons (Fsp3) is 0.182. The molecule has 2 aromatic heterocycles. The van der Waals surface area contributed by atoms with Gasteiger partial charge in [0.05, 0.1) is 17.0 Å². The van der Waals surface area contributed by atoms with Gasteiger partial charge in [0.1, 0.15) is 0 Å². The predicted molar refractivity (Wildman–Crippen MR) is 111 cm³/mol. The molecule has 0 saturated carbocycles. The molecular weight excluding hydrogens is 350 g/mol. The van der Waals surface area contributed by atoms with E-state index in [1.807, 2.05) is 12.1 Å². The first-order valence-corrected chi connectivity index (χ1v) is 9.44. The Morgan fingerprint density at radius 1 is 1.04 bits per heavy atom. The second-order valence-electron chi connectivity index (χ2n) is 7.23. The quantitative estimate of drug-likeness (QED) is 0.516. The molecule has 0 fully saturated rings. The van der Waals surface area contributed by atoms with Crippen molar-refractivity contribution in [3.05, 3.63) is 81.8 Å². The number of anilines is 1. The molecule has 3 heterocycles. The molecule has 140 valence electrons. The maximum atomic E-state index is 12.3. The molecule has 4 N–H and O–H groups in total. The average molecular weight is 371 g/mol. The van der Waals surface area contributed by atoms with E-state index in [0.717, 1.165) is 42.0 Å². The monoisotopic (exact) mass is 371 g/mol.